The molecule has 0 saturated carbocycles. The van der Waals surface area contributed by atoms with Crippen molar-refractivity contribution in [3.05, 3.63) is 226 Å². The van der Waals surface area contributed by atoms with Gasteiger partial charge in [0.25, 0.3) is 0 Å². The maximum absolute atomic E-state index is 12.5. The minimum absolute atomic E-state index is 0.00172. The second-order valence-corrected chi connectivity index (χ2v) is 26.8. The molecule has 1 aliphatic heterocycles. The minimum atomic E-state index is -0.665. The van der Waals surface area contributed by atoms with Gasteiger partial charge in [-0.25, -0.2) is 29.9 Å². The largest absolute Gasteiger partial charge is 0.508 e. The summed E-state index contributed by atoms with van der Waals surface area (Å²) in [5, 5.41) is 24.6. The first-order valence-electron chi connectivity index (χ1n) is 36.3. The zero-order chi connectivity index (χ0) is 72.6. The van der Waals surface area contributed by atoms with Crippen LogP contribution in [0.2, 0.25) is 0 Å². The van der Waals surface area contributed by atoms with E-state index < -0.39 is 6.04 Å². The lowest BCUT2D eigenvalue weighted by Crippen LogP contribution is -2.41. The summed E-state index contributed by atoms with van der Waals surface area (Å²) in [7, 11) is 0. The van der Waals surface area contributed by atoms with Crippen molar-refractivity contribution in [2.75, 3.05) is 30.3 Å². The first kappa shape index (κ1) is 72.5. The number of pyridine rings is 3. The van der Waals surface area contributed by atoms with Gasteiger partial charge < -0.3 is 68.7 Å². The summed E-state index contributed by atoms with van der Waals surface area (Å²) >= 11 is 0. The van der Waals surface area contributed by atoms with Crippen molar-refractivity contribution < 1.29 is 19.5 Å². The highest BCUT2D eigenvalue weighted by Gasteiger charge is 2.24. The fraction of sp³-hybridized carbons (Fsp3) is 0.305. The number of nitrogens with one attached hydrogen (secondary N) is 4. The minimum Gasteiger partial charge on any atom is -0.508 e. The van der Waals surface area contributed by atoms with Crippen molar-refractivity contribution in [3.8, 4) is 5.75 Å². The summed E-state index contributed by atoms with van der Waals surface area (Å²) in [6, 6.07) is 55.1. The van der Waals surface area contributed by atoms with Crippen molar-refractivity contribution in [2.24, 2.45) is 11.5 Å². The monoisotopic (exact) mass is 1390 g/mol. The number of hydrogen-bond donors (Lipinski definition) is 10. The maximum atomic E-state index is 12.5. The average molecular weight is 1400 g/mol. The Kier molecular flexibility index (Phi) is 23.8. The number of aromatic nitrogens is 9. The number of carbonyl (C=O) groups is 3. The van der Waals surface area contributed by atoms with Crippen LogP contribution in [0.4, 0.5) is 17.5 Å². The number of carbonyl (C=O) groups excluding carboxylic acids is 3. The molecular formula is C82H94N18O4. The fourth-order valence-corrected chi connectivity index (χ4v) is 13.4. The summed E-state index contributed by atoms with van der Waals surface area (Å²) in [5.74, 6) is 4.39. The van der Waals surface area contributed by atoms with E-state index in [0.717, 1.165) is 194 Å². The van der Waals surface area contributed by atoms with Crippen LogP contribution in [0.3, 0.4) is 0 Å². The van der Waals surface area contributed by atoms with Crippen LogP contribution in [0.1, 0.15) is 129 Å². The zero-order valence-corrected chi connectivity index (χ0v) is 59.5. The summed E-state index contributed by atoms with van der Waals surface area (Å²) in [6.07, 6.45) is 11.5. The third-order valence-corrected chi connectivity index (χ3v) is 19.1. The van der Waals surface area contributed by atoms with E-state index in [1.807, 2.05) is 78.9 Å². The van der Waals surface area contributed by atoms with Gasteiger partial charge in [0.1, 0.15) is 39.8 Å². The fourth-order valence-electron chi connectivity index (χ4n) is 13.4. The number of nitrogen functional groups attached to an aromatic ring is 3. The van der Waals surface area contributed by atoms with Crippen molar-refractivity contribution in [1.82, 2.24) is 64.9 Å². The topological polar surface area (TPSA) is 342 Å². The number of fused-ring (bicyclic) bond motifs is 9. The van der Waals surface area contributed by atoms with Crippen molar-refractivity contribution >= 4 is 101 Å². The molecule has 3 amide bonds. The molecule has 6 aromatic heterocycles. The number of aryl methyl sites for hydroxylation is 3. The molecule has 104 heavy (non-hydrogen) atoms. The van der Waals surface area contributed by atoms with Gasteiger partial charge in [0, 0.05) is 74.7 Å². The molecule has 22 heteroatoms. The van der Waals surface area contributed by atoms with E-state index in [1.165, 1.54) is 5.56 Å². The highest BCUT2D eigenvalue weighted by atomic mass is 16.3. The second-order valence-electron chi connectivity index (χ2n) is 26.8. The molecule has 0 bridgehead atoms. The Morgan fingerprint density at radius 2 is 0.837 bits per heavy atom. The summed E-state index contributed by atoms with van der Waals surface area (Å²) in [5.41, 5.74) is 45.9. The van der Waals surface area contributed by atoms with E-state index in [9.17, 15) is 19.5 Å². The molecule has 7 heterocycles. The number of hydrogen-bond acceptors (Lipinski definition) is 16. The van der Waals surface area contributed by atoms with Gasteiger partial charge in [0.2, 0.25) is 17.7 Å². The molecule has 2 atom stereocenters. The van der Waals surface area contributed by atoms with Crippen LogP contribution in [0.5, 0.6) is 5.75 Å². The van der Waals surface area contributed by atoms with Crippen LogP contribution in [0.15, 0.2) is 170 Å². The Labute approximate surface area is 605 Å². The molecule has 0 radical (unpaired) electrons. The van der Waals surface area contributed by atoms with E-state index in [1.54, 1.807) is 24.3 Å². The SMILES string of the molecule is CCCCc1nc2c(N)nc3ccccc3c2n1Cc1ccc(CNC(=O)CN)cc1.CCCCc1nc2c(N)nc3ccccc3c2n1Cc1ccc(CNC(=O)[C@@H](N)Cc2ccc(O)cc2)cc1.CCCCc1nc2c(N)nc3ccccc3c2n1Cc1ccc(CNC(=O)[C@@H]2CCCN2)cc1. The number of imidazole rings is 3. The highest BCUT2D eigenvalue weighted by Crippen LogP contribution is 2.34. The zero-order valence-electron chi connectivity index (χ0n) is 59.5. The number of nitrogens with two attached hydrogens (primary N) is 5. The van der Waals surface area contributed by atoms with Gasteiger partial charge >= 0.3 is 0 Å². The van der Waals surface area contributed by atoms with Crippen LogP contribution in [-0.2, 0) is 79.3 Å². The molecule has 7 aromatic carbocycles. The van der Waals surface area contributed by atoms with E-state index in [-0.39, 0.29) is 36.1 Å². The van der Waals surface area contributed by atoms with Crippen molar-refractivity contribution in [2.45, 2.75) is 149 Å². The van der Waals surface area contributed by atoms with Gasteiger partial charge in [0.05, 0.1) is 51.7 Å². The number of para-hydroxylation sites is 3. The molecule has 0 unspecified atom stereocenters. The Balaban J connectivity index is 0.000000148. The van der Waals surface area contributed by atoms with Gasteiger partial charge in [-0.2, -0.15) is 0 Å². The van der Waals surface area contributed by atoms with Crippen LogP contribution in [0, 0.1) is 0 Å². The van der Waals surface area contributed by atoms with E-state index >= 15 is 0 Å². The molecule has 0 aliphatic carbocycles. The standard InChI is InChI=1S/C31H34N6O2.C27H32N6O.C24H28N6O/c1-2-3-8-27-36-28-29(24-6-4-5-7-26(24)35-30(28)33)37(27)19-22-11-9-21(10-12-22)18-34-31(39)25(32)17-20-13-15-23(38)16-14-20;1-2-3-10-23-32-24-25(20-7-4-5-8-21(20)31-26(24)28)33(23)17-19-13-11-18(12-14-19)16-30-27(34)22-9-6-15-29-22;1-2-3-8-20-29-22-23(18-6-4-5-7-19(18)28-24(22)26)30(20)15-17-11-9-16(10-12-17)14-27-21(31)13-25/h4-7,9-16,25,38H,2-3,8,17-19,32H2,1H3,(H2,33,35)(H,34,39);4-5,7-8,11-14,22,29H,2-3,6,9-10,15-17H2,1H3,(H2,28,31)(H,30,34);4-7,9-12H,2-3,8,13-15,25H2,1H3,(H2,26,28)(H,27,31)/t25-;22-;/m00./s1. The van der Waals surface area contributed by atoms with Gasteiger partial charge in [-0.3, -0.25) is 14.4 Å². The molecule has 14 rings (SSSR count). The Morgan fingerprint density at radius 3 is 1.20 bits per heavy atom. The molecule has 13 aromatic rings. The molecular weight excluding hydrogens is 1300 g/mol. The molecule has 15 N–H and O–H groups in total. The molecule has 22 nitrogen and oxygen atoms in total. The lowest BCUT2D eigenvalue weighted by atomic mass is 10.1. The number of phenolic OH excluding ortho intramolecular Hbond substituents is 1. The predicted molar refractivity (Wildman–Crippen MR) is 416 cm³/mol. The van der Waals surface area contributed by atoms with Gasteiger partial charge in [0.15, 0.2) is 17.5 Å². The van der Waals surface area contributed by atoms with Crippen LogP contribution >= 0.6 is 0 Å². The molecule has 0 spiro atoms. The van der Waals surface area contributed by atoms with Crippen LogP contribution < -0.4 is 49.9 Å². The third kappa shape index (κ3) is 17.2. The van der Waals surface area contributed by atoms with Gasteiger partial charge in [-0.1, -0.05) is 180 Å². The molecule has 1 fully saturated rings. The van der Waals surface area contributed by atoms with Crippen LogP contribution in [0.25, 0.3) is 65.8 Å². The molecule has 1 aliphatic rings. The number of nitrogens with zero attached hydrogens (tertiary/aromatic N) is 9. The Morgan fingerprint density at radius 1 is 0.481 bits per heavy atom. The average Bonchev–Trinajstić information content (AvgIpc) is 1.60. The summed E-state index contributed by atoms with van der Waals surface area (Å²) < 4.78 is 6.84. The lowest BCUT2D eigenvalue weighted by Gasteiger charge is -2.14. The predicted octanol–water partition coefficient (Wildman–Crippen LogP) is 11.5. The quantitative estimate of drug-likeness (QED) is 0.0241. The Bertz CT molecular complexity index is 5120. The highest BCUT2D eigenvalue weighted by molar-refractivity contribution is 6.08. The molecule has 536 valence electrons. The number of rotatable bonds is 26. The second kappa shape index (κ2) is 34.1. The van der Waals surface area contributed by atoms with E-state index in [2.05, 4.69) is 137 Å². The first-order valence-corrected chi connectivity index (χ1v) is 36.3. The number of unbranched alkanes of at least 4 members (excludes halogenated alkanes) is 3. The number of amides is 3. The van der Waals surface area contributed by atoms with Gasteiger partial charge in [-0.15, -0.1) is 0 Å². The lowest BCUT2D eigenvalue weighted by molar-refractivity contribution is -0.123. The van der Waals surface area contributed by atoms with Gasteiger partial charge in [-0.05, 0) is 114 Å². The summed E-state index contributed by atoms with van der Waals surface area (Å²) in [4.78, 5) is 64.7. The smallest absolute Gasteiger partial charge is 0.237 e. The van der Waals surface area contributed by atoms with Crippen molar-refractivity contribution in [3.63, 3.8) is 0 Å². The number of anilines is 3. The number of benzene rings is 7. The van der Waals surface area contributed by atoms with E-state index in [4.69, 9.17) is 43.6 Å². The number of phenols is 1. The Hall–Kier alpha value is -11.3. The van der Waals surface area contributed by atoms with Crippen molar-refractivity contribution in [1.29, 1.82) is 0 Å². The first-order chi connectivity index (χ1) is 50.7. The van der Waals surface area contributed by atoms with Crippen LogP contribution in [-0.4, -0.2) is 91.6 Å². The van der Waals surface area contributed by atoms with E-state index in [0.29, 0.717) is 63.1 Å². The normalized spacial score (nSPS) is 13.1. The number of aromatic hydroxyl groups is 1. The summed E-state index contributed by atoms with van der Waals surface area (Å²) in [6.45, 7) is 10.9. The third-order valence-electron chi connectivity index (χ3n) is 19.1. The maximum Gasteiger partial charge on any atom is 0.237 e. The molecule has 1 saturated heterocycles.